The summed E-state index contributed by atoms with van der Waals surface area (Å²) >= 11 is 0. The minimum absolute atomic E-state index is 0.118. The smallest absolute Gasteiger partial charge is 0.0414 e. The molecule has 14 heavy (non-hydrogen) atoms. The van der Waals surface area contributed by atoms with Crippen LogP contribution in [-0.4, -0.2) is 13.1 Å². The topological polar surface area (TPSA) is 29.3 Å². The molecule has 1 aliphatic carbocycles. The highest BCUT2D eigenvalue weighted by Gasteiger charge is 2.27. The molecule has 1 fully saturated rings. The summed E-state index contributed by atoms with van der Waals surface area (Å²) in [6, 6.07) is 9.29. The van der Waals surface area contributed by atoms with Crippen molar-refractivity contribution < 1.29 is 0 Å². The van der Waals surface area contributed by atoms with Crippen LogP contribution in [0, 0.1) is 0 Å². The molecule has 0 saturated heterocycles. The third-order valence-electron chi connectivity index (χ3n) is 2.90. The van der Waals surface area contributed by atoms with Gasteiger partial charge >= 0.3 is 0 Å². The van der Waals surface area contributed by atoms with Crippen LogP contribution in [0.2, 0.25) is 0 Å². The molecule has 1 aromatic carbocycles. The second-order valence-corrected chi connectivity index (χ2v) is 4.19. The van der Waals surface area contributed by atoms with E-state index in [9.17, 15) is 0 Å². The minimum atomic E-state index is 0.118. The zero-order valence-electron chi connectivity index (χ0n) is 8.90. The van der Waals surface area contributed by atoms with E-state index >= 15 is 0 Å². The maximum Gasteiger partial charge on any atom is 0.0414 e. The second kappa shape index (κ2) is 3.62. The molecule has 0 aromatic heterocycles. The molecule has 1 unspecified atom stereocenters. The molecule has 2 rings (SSSR count). The Labute approximate surface area is 85.7 Å². The number of nitrogens with two attached hydrogens (primary N) is 1. The van der Waals surface area contributed by atoms with Gasteiger partial charge in [0.25, 0.3) is 0 Å². The highest BCUT2D eigenvalue weighted by atomic mass is 15.2. The van der Waals surface area contributed by atoms with Crippen molar-refractivity contribution in [1.82, 2.24) is 0 Å². The molecule has 76 valence electrons. The summed E-state index contributed by atoms with van der Waals surface area (Å²) in [5, 5.41) is 0. The Morgan fingerprint density at radius 1 is 1.36 bits per heavy atom. The largest absolute Gasteiger partial charge is 0.371 e. The maximum absolute atomic E-state index is 5.95. The van der Waals surface area contributed by atoms with Gasteiger partial charge in [-0.1, -0.05) is 18.2 Å². The average molecular weight is 190 g/mol. The van der Waals surface area contributed by atoms with Crippen molar-refractivity contribution in [3.8, 4) is 0 Å². The first-order valence-corrected chi connectivity index (χ1v) is 5.27. The molecule has 0 aliphatic heterocycles. The van der Waals surface area contributed by atoms with Crippen molar-refractivity contribution in [3.63, 3.8) is 0 Å². The summed E-state index contributed by atoms with van der Waals surface area (Å²) in [6.45, 7) is 2.04. The highest BCUT2D eigenvalue weighted by molar-refractivity contribution is 5.55. The van der Waals surface area contributed by atoms with E-state index in [-0.39, 0.29) is 6.04 Å². The molecule has 2 nitrogen and oxygen atoms in total. The van der Waals surface area contributed by atoms with E-state index < -0.39 is 0 Å². The molecular weight excluding hydrogens is 172 g/mol. The lowest BCUT2D eigenvalue weighted by Crippen LogP contribution is -2.22. The van der Waals surface area contributed by atoms with Crippen molar-refractivity contribution in [2.75, 3.05) is 11.9 Å². The number of para-hydroxylation sites is 1. The van der Waals surface area contributed by atoms with E-state index in [0.717, 1.165) is 6.04 Å². The van der Waals surface area contributed by atoms with Gasteiger partial charge in [0.15, 0.2) is 0 Å². The van der Waals surface area contributed by atoms with Crippen molar-refractivity contribution in [1.29, 1.82) is 0 Å². The van der Waals surface area contributed by atoms with Crippen molar-refractivity contribution >= 4 is 5.69 Å². The monoisotopic (exact) mass is 190 g/mol. The van der Waals surface area contributed by atoms with Gasteiger partial charge < -0.3 is 10.6 Å². The lowest BCUT2D eigenvalue weighted by atomic mass is 10.1. The zero-order valence-corrected chi connectivity index (χ0v) is 8.90. The average Bonchev–Trinajstić information content (AvgIpc) is 3.00. The van der Waals surface area contributed by atoms with Crippen molar-refractivity contribution in [3.05, 3.63) is 29.8 Å². The van der Waals surface area contributed by atoms with E-state index in [1.165, 1.54) is 24.1 Å². The van der Waals surface area contributed by atoms with Gasteiger partial charge in [0.1, 0.15) is 0 Å². The van der Waals surface area contributed by atoms with Gasteiger partial charge in [0, 0.05) is 24.8 Å². The van der Waals surface area contributed by atoms with Gasteiger partial charge in [-0.2, -0.15) is 0 Å². The number of hydrogen-bond donors (Lipinski definition) is 1. The van der Waals surface area contributed by atoms with Gasteiger partial charge in [-0.05, 0) is 31.4 Å². The van der Waals surface area contributed by atoms with Gasteiger partial charge in [-0.25, -0.2) is 0 Å². The summed E-state index contributed by atoms with van der Waals surface area (Å²) in [4.78, 5) is 2.36. The normalized spacial score (nSPS) is 17.9. The first kappa shape index (κ1) is 9.53. The Hall–Kier alpha value is -1.02. The summed E-state index contributed by atoms with van der Waals surface area (Å²) in [5.41, 5.74) is 8.49. The Kier molecular flexibility index (Phi) is 2.46. The van der Waals surface area contributed by atoms with Crippen LogP contribution in [0.1, 0.15) is 31.4 Å². The van der Waals surface area contributed by atoms with E-state index in [0.29, 0.717) is 0 Å². The van der Waals surface area contributed by atoms with Crippen LogP contribution in [0.4, 0.5) is 5.69 Å². The number of rotatable bonds is 3. The SMILES string of the molecule is CC(N)c1ccccc1N(C)C1CC1. The molecule has 1 aromatic rings. The molecule has 0 heterocycles. The van der Waals surface area contributed by atoms with E-state index in [4.69, 9.17) is 5.73 Å². The van der Waals surface area contributed by atoms with Crippen LogP contribution in [0.25, 0.3) is 0 Å². The molecule has 1 saturated carbocycles. The fourth-order valence-electron chi connectivity index (χ4n) is 1.85. The number of nitrogens with zero attached hydrogens (tertiary/aromatic N) is 1. The summed E-state index contributed by atoms with van der Waals surface area (Å²) in [7, 11) is 2.17. The second-order valence-electron chi connectivity index (χ2n) is 4.19. The van der Waals surface area contributed by atoms with Crippen LogP contribution >= 0.6 is 0 Å². The lowest BCUT2D eigenvalue weighted by Gasteiger charge is -2.23. The molecule has 0 spiro atoms. The minimum Gasteiger partial charge on any atom is -0.371 e. The lowest BCUT2D eigenvalue weighted by molar-refractivity contribution is 0.800. The van der Waals surface area contributed by atoms with Crippen LogP contribution in [0.3, 0.4) is 0 Å². The van der Waals surface area contributed by atoms with Crippen LogP contribution < -0.4 is 10.6 Å². The molecule has 1 atom stereocenters. The highest BCUT2D eigenvalue weighted by Crippen LogP contribution is 2.33. The fraction of sp³-hybridized carbons (Fsp3) is 0.500. The number of anilines is 1. The fourth-order valence-corrected chi connectivity index (χ4v) is 1.85. The van der Waals surface area contributed by atoms with Crippen LogP contribution in [0.15, 0.2) is 24.3 Å². The molecule has 1 aliphatic rings. The summed E-state index contributed by atoms with van der Waals surface area (Å²) in [6.07, 6.45) is 2.65. The Morgan fingerprint density at radius 2 is 2.00 bits per heavy atom. The summed E-state index contributed by atoms with van der Waals surface area (Å²) < 4.78 is 0. The third-order valence-corrected chi connectivity index (χ3v) is 2.90. The predicted octanol–water partition coefficient (Wildman–Crippen LogP) is 2.30. The maximum atomic E-state index is 5.95. The molecular formula is C12H18N2. The van der Waals surface area contributed by atoms with E-state index in [2.05, 4.69) is 36.2 Å². The quantitative estimate of drug-likeness (QED) is 0.792. The van der Waals surface area contributed by atoms with Gasteiger partial charge in [-0.3, -0.25) is 0 Å². The van der Waals surface area contributed by atoms with Crippen molar-refractivity contribution in [2.45, 2.75) is 31.8 Å². The Balaban J connectivity index is 2.30. The predicted molar refractivity (Wildman–Crippen MR) is 60.5 cm³/mol. The standard InChI is InChI=1S/C12H18N2/c1-9(13)11-5-3-4-6-12(11)14(2)10-7-8-10/h3-6,9-10H,7-8,13H2,1-2H3. The molecule has 0 bridgehead atoms. The third kappa shape index (κ3) is 1.75. The molecule has 2 heteroatoms. The first-order valence-electron chi connectivity index (χ1n) is 5.27. The molecule has 0 radical (unpaired) electrons. The zero-order chi connectivity index (χ0) is 10.1. The summed E-state index contributed by atoms with van der Waals surface area (Å²) in [5.74, 6) is 0. The Morgan fingerprint density at radius 3 is 2.57 bits per heavy atom. The van der Waals surface area contributed by atoms with Gasteiger partial charge in [0.2, 0.25) is 0 Å². The van der Waals surface area contributed by atoms with E-state index in [1.54, 1.807) is 0 Å². The number of benzene rings is 1. The van der Waals surface area contributed by atoms with Crippen LogP contribution in [0.5, 0.6) is 0 Å². The van der Waals surface area contributed by atoms with Gasteiger partial charge in [0.05, 0.1) is 0 Å². The van der Waals surface area contributed by atoms with Crippen LogP contribution in [-0.2, 0) is 0 Å². The Bertz CT molecular complexity index is 316. The molecule has 0 amide bonds. The number of hydrogen-bond acceptors (Lipinski definition) is 2. The van der Waals surface area contributed by atoms with E-state index in [1.807, 2.05) is 6.92 Å². The van der Waals surface area contributed by atoms with Gasteiger partial charge in [-0.15, -0.1) is 0 Å². The first-order chi connectivity index (χ1) is 6.70. The molecule has 2 N–H and O–H groups in total. The van der Waals surface area contributed by atoms with Crippen molar-refractivity contribution in [2.24, 2.45) is 5.73 Å².